The number of ether oxygens (including phenoxy) is 1. The van der Waals surface area contributed by atoms with Gasteiger partial charge in [-0.3, -0.25) is 14.8 Å². The smallest absolute Gasteiger partial charge is 0.352 e. The molecular formula is C19H17N3O7S. The number of sulfonamides is 1. The molecule has 0 bridgehead atoms. The average molecular weight is 431 g/mol. The molecule has 0 atom stereocenters. The average Bonchev–Trinajstić information content (AvgIpc) is 3.17. The standard InChI is InChI=1S/C19H17N3O7S/c1-12-10-13(5-7-15(12)21-9-3-4-16(21)19(23)24)20-30(27,28)18-11-14(22(25)26)6-8-17(18)29-2/h3-11,20H,1-2H3,(H,23,24). The normalized spacial score (nSPS) is 11.1. The first-order chi connectivity index (χ1) is 14.1. The fourth-order valence-corrected chi connectivity index (χ4v) is 4.19. The van der Waals surface area contributed by atoms with Gasteiger partial charge in [0.1, 0.15) is 16.3 Å². The van der Waals surface area contributed by atoms with Gasteiger partial charge in [-0.1, -0.05) is 0 Å². The summed E-state index contributed by atoms with van der Waals surface area (Å²) in [6.45, 7) is 1.70. The zero-order chi connectivity index (χ0) is 22.1. The van der Waals surface area contributed by atoms with Crippen LogP contribution in [-0.2, 0) is 10.0 Å². The van der Waals surface area contributed by atoms with Crippen molar-refractivity contribution in [2.24, 2.45) is 0 Å². The lowest BCUT2D eigenvalue weighted by molar-refractivity contribution is -0.385. The topological polar surface area (TPSA) is 141 Å². The van der Waals surface area contributed by atoms with Crippen LogP contribution < -0.4 is 9.46 Å². The summed E-state index contributed by atoms with van der Waals surface area (Å²) in [4.78, 5) is 21.3. The van der Waals surface area contributed by atoms with Gasteiger partial charge in [-0.15, -0.1) is 0 Å². The zero-order valence-electron chi connectivity index (χ0n) is 15.9. The molecule has 0 unspecified atom stereocenters. The van der Waals surface area contributed by atoms with Gasteiger partial charge in [0.2, 0.25) is 0 Å². The molecule has 0 saturated carbocycles. The first-order valence-electron chi connectivity index (χ1n) is 8.51. The number of benzene rings is 2. The highest BCUT2D eigenvalue weighted by atomic mass is 32.2. The van der Waals surface area contributed by atoms with E-state index in [1.807, 2.05) is 0 Å². The van der Waals surface area contributed by atoms with Crippen molar-refractivity contribution in [1.29, 1.82) is 0 Å². The number of nitro benzene ring substituents is 1. The van der Waals surface area contributed by atoms with E-state index in [0.717, 1.165) is 12.1 Å². The summed E-state index contributed by atoms with van der Waals surface area (Å²) in [6.07, 6.45) is 1.59. The van der Waals surface area contributed by atoms with Crippen LogP contribution in [0.4, 0.5) is 11.4 Å². The molecule has 11 heteroatoms. The number of aromatic carboxylic acids is 1. The number of hydrogen-bond donors (Lipinski definition) is 2. The van der Waals surface area contributed by atoms with Gasteiger partial charge in [0.05, 0.1) is 12.0 Å². The third kappa shape index (κ3) is 3.96. The van der Waals surface area contributed by atoms with Gasteiger partial charge in [0.15, 0.2) is 0 Å². The number of nitrogens with zero attached hydrogens (tertiary/aromatic N) is 2. The molecule has 0 spiro atoms. The van der Waals surface area contributed by atoms with Crippen molar-refractivity contribution in [3.05, 3.63) is 76.1 Å². The number of aryl methyl sites for hydroxylation is 1. The van der Waals surface area contributed by atoms with Crippen molar-refractivity contribution in [2.75, 3.05) is 11.8 Å². The van der Waals surface area contributed by atoms with Crippen LogP contribution >= 0.6 is 0 Å². The van der Waals surface area contributed by atoms with E-state index in [0.29, 0.717) is 11.3 Å². The maximum atomic E-state index is 12.8. The summed E-state index contributed by atoms with van der Waals surface area (Å²) >= 11 is 0. The highest BCUT2D eigenvalue weighted by molar-refractivity contribution is 7.92. The maximum Gasteiger partial charge on any atom is 0.352 e. The van der Waals surface area contributed by atoms with Crippen molar-refractivity contribution in [3.63, 3.8) is 0 Å². The fourth-order valence-electron chi connectivity index (χ4n) is 2.95. The summed E-state index contributed by atoms with van der Waals surface area (Å²) in [5.74, 6) is -1.14. The van der Waals surface area contributed by atoms with Crippen molar-refractivity contribution < 1.29 is 28.0 Å². The Morgan fingerprint density at radius 1 is 1.20 bits per heavy atom. The molecule has 0 fully saturated rings. The second-order valence-electron chi connectivity index (χ2n) is 6.27. The Kier molecular flexibility index (Phi) is 5.47. The van der Waals surface area contributed by atoms with E-state index in [-0.39, 0.29) is 22.0 Å². The van der Waals surface area contributed by atoms with Crippen LogP contribution in [-0.4, -0.2) is 36.1 Å². The Hall–Kier alpha value is -3.86. The number of methoxy groups -OCH3 is 1. The molecule has 10 nitrogen and oxygen atoms in total. The van der Waals surface area contributed by atoms with Gasteiger partial charge in [0, 0.05) is 29.7 Å². The molecule has 1 heterocycles. The molecule has 0 saturated heterocycles. The summed E-state index contributed by atoms with van der Waals surface area (Å²) in [6, 6.07) is 10.9. The number of nitro groups is 1. The number of carbonyl (C=O) groups is 1. The Balaban J connectivity index is 1.98. The van der Waals surface area contributed by atoms with Gasteiger partial charge >= 0.3 is 5.97 Å². The SMILES string of the molecule is COc1ccc([N+](=O)[O-])cc1S(=O)(=O)Nc1ccc(-n2cccc2C(=O)O)c(C)c1. The first-order valence-corrected chi connectivity index (χ1v) is 9.99. The maximum absolute atomic E-state index is 12.8. The molecule has 2 aromatic carbocycles. The lowest BCUT2D eigenvalue weighted by Crippen LogP contribution is -2.15. The van der Waals surface area contributed by atoms with E-state index in [1.165, 1.54) is 35.9 Å². The Morgan fingerprint density at radius 3 is 2.53 bits per heavy atom. The predicted octanol–water partition coefficient (Wildman–Crippen LogP) is 3.20. The van der Waals surface area contributed by atoms with E-state index < -0.39 is 26.6 Å². The largest absolute Gasteiger partial charge is 0.495 e. The molecule has 0 radical (unpaired) electrons. The van der Waals surface area contributed by atoms with Crippen molar-refractivity contribution in [1.82, 2.24) is 4.57 Å². The number of rotatable bonds is 7. The van der Waals surface area contributed by atoms with Crippen molar-refractivity contribution in [2.45, 2.75) is 11.8 Å². The molecule has 156 valence electrons. The Morgan fingerprint density at radius 2 is 1.93 bits per heavy atom. The van der Waals surface area contributed by atoms with E-state index in [2.05, 4.69) is 4.72 Å². The number of carboxylic acid groups (broad SMARTS) is 1. The number of non-ortho nitro benzene ring substituents is 1. The minimum Gasteiger partial charge on any atom is -0.495 e. The van der Waals surface area contributed by atoms with Crippen LogP contribution in [0.25, 0.3) is 5.69 Å². The van der Waals surface area contributed by atoms with Crippen LogP contribution in [0.5, 0.6) is 5.75 Å². The lowest BCUT2D eigenvalue weighted by atomic mass is 10.1. The summed E-state index contributed by atoms with van der Waals surface area (Å²) < 4.78 is 34.5. The molecule has 0 aliphatic carbocycles. The molecule has 3 aromatic rings. The quantitative estimate of drug-likeness (QED) is 0.432. The molecule has 2 N–H and O–H groups in total. The monoisotopic (exact) mass is 431 g/mol. The van der Waals surface area contributed by atoms with Gasteiger partial charge in [-0.25, -0.2) is 13.2 Å². The molecule has 3 rings (SSSR count). The van der Waals surface area contributed by atoms with E-state index >= 15 is 0 Å². The minimum atomic E-state index is -4.20. The minimum absolute atomic E-state index is 0.0418. The van der Waals surface area contributed by atoms with Crippen LogP contribution in [0.15, 0.2) is 59.6 Å². The van der Waals surface area contributed by atoms with E-state index in [9.17, 15) is 28.4 Å². The first kappa shape index (κ1) is 20.9. The molecule has 0 amide bonds. The van der Waals surface area contributed by atoms with Gasteiger partial charge in [-0.05, 0) is 48.9 Å². The number of aromatic nitrogens is 1. The Bertz CT molecular complexity index is 1250. The molecule has 0 aliphatic heterocycles. The van der Waals surface area contributed by atoms with Crippen LogP contribution in [0, 0.1) is 17.0 Å². The summed E-state index contributed by atoms with van der Waals surface area (Å²) in [5.41, 5.74) is 1.05. The fraction of sp³-hybridized carbons (Fsp3) is 0.105. The van der Waals surface area contributed by atoms with Crippen LogP contribution in [0.3, 0.4) is 0 Å². The van der Waals surface area contributed by atoms with Crippen molar-refractivity contribution >= 4 is 27.4 Å². The highest BCUT2D eigenvalue weighted by Crippen LogP contribution is 2.30. The second kappa shape index (κ2) is 7.87. The summed E-state index contributed by atoms with van der Waals surface area (Å²) in [7, 11) is -2.94. The molecular weight excluding hydrogens is 414 g/mol. The third-order valence-corrected chi connectivity index (χ3v) is 5.73. The number of hydrogen-bond acceptors (Lipinski definition) is 6. The van der Waals surface area contributed by atoms with Crippen LogP contribution in [0.2, 0.25) is 0 Å². The van der Waals surface area contributed by atoms with Gasteiger partial charge in [0.25, 0.3) is 15.7 Å². The van der Waals surface area contributed by atoms with Gasteiger partial charge < -0.3 is 14.4 Å². The van der Waals surface area contributed by atoms with Gasteiger partial charge in [-0.2, -0.15) is 0 Å². The Labute approximate surface area is 171 Å². The number of nitrogens with one attached hydrogen (secondary N) is 1. The zero-order valence-corrected chi connectivity index (χ0v) is 16.7. The molecule has 0 aliphatic rings. The number of anilines is 1. The lowest BCUT2D eigenvalue weighted by Gasteiger charge is -2.14. The number of carboxylic acids is 1. The predicted molar refractivity (Wildman–Crippen MR) is 108 cm³/mol. The second-order valence-corrected chi connectivity index (χ2v) is 7.92. The van der Waals surface area contributed by atoms with E-state index in [1.54, 1.807) is 25.3 Å². The molecule has 1 aromatic heterocycles. The molecule has 30 heavy (non-hydrogen) atoms. The van der Waals surface area contributed by atoms with Crippen molar-refractivity contribution in [3.8, 4) is 11.4 Å². The van der Waals surface area contributed by atoms with E-state index in [4.69, 9.17) is 4.74 Å². The highest BCUT2D eigenvalue weighted by Gasteiger charge is 2.23. The van der Waals surface area contributed by atoms with Crippen LogP contribution in [0.1, 0.15) is 16.1 Å². The summed E-state index contributed by atoms with van der Waals surface area (Å²) in [5, 5.41) is 20.3. The third-order valence-electron chi connectivity index (χ3n) is 4.32.